The normalized spacial score (nSPS) is 11.2. The van der Waals surface area contributed by atoms with Crippen LogP contribution in [0, 0.1) is 13.8 Å². The van der Waals surface area contributed by atoms with E-state index in [9.17, 15) is 9.59 Å². The van der Waals surface area contributed by atoms with Crippen molar-refractivity contribution in [2.75, 3.05) is 13.2 Å². The standard InChI is InChI=1S/C24H27N3O3/c1-17-14-18(2)16-20(15-17)30-13-12-25-23(29)24(3,4)27-22(28)11-10-21(26-27)19-8-6-5-7-9-19/h5-11,14-16H,12-13H2,1-4H3,(H,25,29). The van der Waals surface area contributed by atoms with E-state index in [2.05, 4.69) is 16.5 Å². The molecule has 1 amide bonds. The van der Waals surface area contributed by atoms with Crippen LogP contribution in [-0.2, 0) is 10.3 Å². The van der Waals surface area contributed by atoms with Gasteiger partial charge < -0.3 is 10.1 Å². The summed E-state index contributed by atoms with van der Waals surface area (Å²) >= 11 is 0. The Kier molecular flexibility index (Phi) is 6.35. The van der Waals surface area contributed by atoms with Crippen LogP contribution in [0.1, 0.15) is 25.0 Å². The van der Waals surface area contributed by atoms with Gasteiger partial charge in [-0.05, 0) is 57.0 Å². The van der Waals surface area contributed by atoms with Crippen molar-refractivity contribution in [3.8, 4) is 17.0 Å². The first-order chi connectivity index (χ1) is 14.3. The highest BCUT2D eigenvalue weighted by molar-refractivity contribution is 5.83. The van der Waals surface area contributed by atoms with Crippen LogP contribution in [0.25, 0.3) is 11.3 Å². The molecule has 2 aromatic carbocycles. The Morgan fingerprint density at radius 1 is 1.03 bits per heavy atom. The lowest BCUT2D eigenvalue weighted by Crippen LogP contribution is -2.50. The van der Waals surface area contributed by atoms with Crippen molar-refractivity contribution in [3.63, 3.8) is 0 Å². The summed E-state index contributed by atoms with van der Waals surface area (Å²) in [5.74, 6) is 0.473. The quantitative estimate of drug-likeness (QED) is 0.611. The molecule has 0 atom stereocenters. The van der Waals surface area contributed by atoms with Crippen molar-refractivity contribution >= 4 is 5.91 Å². The summed E-state index contributed by atoms with van der Waals surface area (Å²) in [5.41, 5.74) is 2.28. The molecule has 1 heterocycles. The molecule has 0 unspecified atom stereocenters. The third kappa shape index (κ3) is 4.95. The number of hydrogen-bond acceptors (Lipinski definition) is 4. The minimum Gasteiger partial charge on any atom is -0.492 e. The van der Waals surface area contributed by atoms with Gasteiger partial charge in [-0.1, -0.05) is 36.4 Å². The fourth-order valence-electron chi connectivity index (χ4n) is 3.24. The number of aryl methyl sites for hydroxylation is 2. The Morgan fingerprint density at radius 3 is 2.37 bits per heavy atom. The van der Waals surface area contributed by atoms with E-state index < -0.39 is 5.54 Å². The lowest BCUT2D eigenvalue weighted by Gasteiger charge is -2.25. The number of aromatic nitrogens is 2. The largest absolute Gasteiger partial charge is 0.492 e. The second kappa shape index (κ2) is 8.95. The van der Waals surface area contributed by atoms with Gasteiger partial charge in [-0.25, -0.2) is 4.68 Å². The van der Waals surface area contributed by atoms with E-state index in [1.54, 1.807) is 19.9 Å². The number of nitrogens with zero attached hydrogens (tertiary/aromatic N) is 2. The second-order valence-corrected chi connectivity index (χ2v) is 7.82. The van der Waals surface area contributed by atoms with Crippen molar-refractivity contribution in [1.82, 2.24) is 15.1 Å². The molecule has 156 valence electrons. The van der Waals surface area contributed by atoms with Gasteiger partial charge in [-0.15, -0.1) is 0 Å². The average Bonchev–Trinajstić information content (AvgIpc) is 2.71. The van der Waals surface area contributed by atoms with Crippen LogP contribution in [0.2, 0.25) is 0 Å². The van der Waals surface area contributed by atoms with E-state index in [1.807, 2.05) is 56.3 Å². The molecule has 3 rings (SSSR count). The summed E-state index contributed by atoms with van der Waals surface area (Å²) in [6, 6.07) is 18.6. The molecule has 0 aliphatic heterocycles. The number of nitrogens with one attached hydrogen (secondary N) is 1. The van der Waals surface area contributed by atoms with Crippen LogP contribution in [0.3, 0.4) is 0 Å². The molecule has 3 aromatic rings. The van der Waals surface area contributed by atoms with Crippen molar-refractivity contribution in [2.45, 2.75) is 33.2 Å². The smallest absolute Gasteiger partial charge is 0.267 e. The highest BCUT2D eigenvalue weighted by Crippen LogP contribution is 2.18. The predicted molar refractivity (Wildman–Crippen MR) is 118 cm³/mol. The van der Waals surface area contributed by atoms with Crippen LogP contribution < -0.4 is 15.6 Å². The average molecular weight is 405 g/mol. The van der Waals surface area contributed by atoms with Crippen LogP contribution in [0.5, 0.6) is 5.75 Å². The Morgan fingerprint density at radius 2 is 1.70 bits per heavy atom. The summed E-state index contributed by atoms with van der Waals surface area (Å²) in [5, 5.41) is 7.29. The molecule has 1 N–H and O–H groups in total. The zero-order chi connectivity index (χ0) is 21.7. The molecule has 0 aliphatic carbocycles. The van der Waals surface area contributed by atoms with Crippen LogP contribution >= 0.6 is 0 Å². The Labute approximate surface area is 176 Å². The van der Waals surface area contributed by atoms with Crippen molar-refractivity contribution in [1.29, 1.82) is 0 Å². The predicted octanol–water partition coefficient (Wildman–Crippen LogP) is 3.46. The molecule has 6 nitrogen and oxygen atoms in total. The van der Waals surface area contributed by atoms with Gasteiger partial charge in [-0.3, -0.25) is 9.59 Å². The molecule has 0 saturated carbocycles. The lowest BCUT2D eigenvalue weighted by molar-refractivity contribution is -0.129. The first-order valence-corrected chi connectivity index (χ1v) is 9.93. The Bertz CT molecular complexity index is 1070. The highest BCUT2D eigenvalue weighted by Gasteiger charge is 2.32. The molecule has 0 saturated heterocycles. The fraction of sp³-hybridized carbons (Fsp3) is 0.292. The summed E-state index contributed by atoms with van der Waals surface area (Å²) in [6.45, 7) is 8.03. The van der Waals surface area contributed by atoms with Gasteiger partial charge >= 0.3 is 0 Å². The monoisotopic (exact) mass is 405 g/mol. The topological polar surface area (TPSA) is 73.2 Å². The molecular weight excluding hydrogens is 378 g/mol. The van der Waals surface area contributed by atoms with Crippen LogP contribution in [0.15, 0.2) is 65.5 Å². The summed E-state index contributed by atoms with van der Waals surface area (Å²) < 4.78 is 6.97. The number of rotatable bonds is 7. The molecule has 0 spiro atoms. The zero-order valence-corrected chi connectivity index (χ0v) is 17.8. The van der Waals surface area contributed by atoms with Gasteiger partial charge in [0.25, 0.3) is 5.56 Å². The fourth-order valence-corrected chi connectivity index (χ4v) is 3.24. The molecular formula is C24H27N3O3. The minimum atomic E-state index is -1.15. The third-order valence-electron chi connectivity index (χ3n) is 4.81. The molecule has 1 aromatic heterocycles. The summed E-state index contributed by atoms with van der Waals surface area (Å²) in [6.07, 6.45) is 0. The molecule has 0 fully saturated rings. The van der Waals surface area contributed by atoms with Gasteiger partial charge in [0.1, 0.15) is 17.9 Å². The number of carbonyl (C=O) groups excluding carboxylic acids is 1. The highest BCUT2D eigenvalue weighted by atomic mass is 16.5. The van der Waals surface area contributed by atoms with Gasteiger partial charge in [0.05, 0.1) is 12.2 Å². The lowest BCUT2D eigenvalue weighted by atomic mass is 10.0. The van der Waals surface area contributed by atoms with Crippen molar-refractivity contribution in [2.24, 2.45) is 0 Å². The van der Waals surface area contributed by atoms with E-state index >= 15 is 0 Å². The zero-order valence-electron chi connectivity index (χ0n) is 17.8. The van der Waals surface area contributed by atoms with Gasteiger partial charge in [0.2, 0.25) is 5.91 Å². The van der Waals surface area contributed by atoms with Crippen LogP contribution in [-0.4, -0.2) is 28.8 Å². The SMILES string of the molecule is Cc1cc(C)cc(OCCNC(=O)C(C)(C)n2nc(-c3ccccc3)ccc2=O)c1. The Balaban J connectivity index is 1.67. The van der Waals surface area contributed by atoms with E-state index in [0.717, 1.165) is 22.4 Å². The number of benzene rings is 2. The maximum absolute atomic E-state index is 12.8. The van der Waals surface area contributed by atoms with Crippen LogP contribution in [0.4, 0.5) is 0 Å². The van der Waals surface area contributed by atoms with Gasteiger partial charge in [-0.2, -0.15) is 5.10 Å². The molecule has 0 aliphatic rings. The Hall–Kier alpha value is -3.41. The number of hydrogen-bond donors (Lipinski definition) is 1. The number of ether oxygens (including phenoxy) is 1. The maximum atomic E-state index is 12.8. The first kappa shape index (κ1) is 21.3. The van der Waals surface area contributed by atoms with Crippen molar-refractivity contribution in [3.05, 3.63) is 82.1 Å². The minimum absolute atomic E-state index is 0.300. The maximum Gasteiger partial charge on any atom is 0.267 e. The van der Waals surface area contributed by atoms with Gasteiger partial charge in [0.15, 0.2) is 0 Å². The molecule has 6 heteroatoms. The first-order valence-electron chi connectivity index (χ1n) is 9.93. The summed E-state index contributed by atoms with van der Waals surface area (Å²) in [7, 11) is 0. The van der Waals surface area contributed by atoms with E-state index in [1.165, 1.54) is 10.7 Å². The third-order valence-corrected chi connectivity index (χ3v) is 4.81. The number of carbonyl (C=O) groups is 1. The number of amides is 1. The molecule has 30 heavy (non-hydrogen) atoms. The van der Waals surface area contributed by atoms with E-state index in [4.69, 9.17) is 4.74 Å². The molecule has 0 bridgehead atoms. The van der Waals surface area contributed by atoms with Crippen molar-refractivity contribution < 1.29 is 9.53 Å². The van der Waals surface area contributed by atoms with E-state index in [0.29, 0.717) is 18.8 Å². The second-order valence-electron chi connectivity index (χ2n) is 7.82. The summed E-state index contributed by atoms with van der Waals surface area (Å²) in [4.78, 5) is 25.2. The molecule has 0 radical (unpaired) electrons. The van der Waals surface area contributed by atoms with Gasteiger partial charge in [0, 0.05) is 11.6 Å². The van der Waals surface area contributed by atoms with E-state index in [-0.39, 0.29) is 11.5 Å².